The maximum Gasteiger partial charge on any atom is 0.160 e. The van der Waals surface area contributed by atoms with Crippen LogP contribution < -0.4 is 4.90 Å². The molecule has 1 fully saturated rings. The number of amidine groups is 1. The van der Waals surface area contributed by atoms with E-state index >= 15 is 0 Å². The first-order chi connectivity index (χ1) is 5.88. The lowest BCUT2D eigenvalue weighted by Gasteiger charge is -2.15. The van der Waals surface area contributed by atoms with Gasteiger partial charge in [0.15, 0.2) is 5.17 Å². The van der Waals surface area contributed by atoms with Gasteiger partial charge < -0.3 is 4.90 Å². The van der Waals surface area contributed by atoms with Crippen molar-refractivity contribution in [2.45, 2.75) is 0 Å². The molecule has 0 spiro atoms. The number of anilines is 1. The Morgan fingerprint density at radius 3 is 2.46 bits per heavy atom. The van der Waals surface area contributed by atoms with Gasteiger partial charge in [-0.25, -0.2) is 0 Å². The standard InChI is InChI=1S/C9H10N2S.BrH/c10-9-11(6-7-12-9)8-4-2-1-3-5-8;/h1-5,10H,6-7H2;1H. The van der Waals surface area contributed by atoms with Crippen LogP contribution in [0, 0.1) is 5.41 Å². The third-order valence-electron chi connectivity index (χ3n) is 1.87. The van der Waals surface area contributed by atoms with E-state index in [1.54, 1.807) is 11.8 Å². The minimum absolute atomic E-state index is 0. The predicted octanol–water partition coefficient (Wildman–Crippen LogP) is 2.75. The Morgan fingerprint density at radius 1 is 1.23 bits per heavy atom. The van der Waals surface area contributed by atoms with Crippen molar-refractivity contribution in [2.75, 3.05) is 17.2 Å². The molecule has 1 saturated heterocycles. The molecule has 1 N–H and O–H groups in total. The second-order valence-corrected chi connectivity index (χ2v) is 3.72. The van der Waals surface area contributed by atoms with E-state index in [0.717, 1.165) is 18.0 Å². The van der Waals surface area contributed by atoms with Crippen molar-refractivity contribution in [3.63, 3.8) is 0 Å². The zero-order valence-corrected chi connectivity index (χ0v) is 9.59. The quantitative estimate of drug-likeness (QED) is 0.839. The summed E-state index contributed by atoms with van der Waals surface area (Å²) in [6, 6.07) is 10.1. The first-order valence-corrected chi connectivity index (χ1v) is 4.90. The number of hydrogen-bond acceptors (Lipinski definition) is 2. The summed E-state index contributed by atoms with van der Waals surface area (Å²) in [6.07, 6.45) is 0. The second-order valence-electron chi connectivity index (χ2n) is 2.64. The van der Waals surface area contributed by atoms with E-state index in [1.807, 2.05) is 35.2 Å². The maximum atomic E-state index is 7.63. The zero-order valence-electron chi connectivity index (χ0n) is 7.06. The second kappa shape index (κ2) is 4.67. The summed E-state index contributed by atoms with van der Waals surface area (Å²) >= 11 is 1.61. The van der Waals surface area contributed by atoms with Crippen molar-refractivity contribution >= 4 is 39.6 Å². The topological polar surface area (TPSA) is 27.1 Å². The normalized spacial score (nSPS) is 15.7. The van der Waals surface area contributed by atoms with Crippen molar-refractivity contribution in [1.29, 1.82) is 5.41 Å². The van der Waals surface area contributed by atoms with Crippen LogP contribution in [-0.4, -0.2) is 17.5 Å². The average molecular weight is 259 g/mol. The summed E-state index contributed by atoms with van der Waals surface area (Å²) in [5, 5.41) is 8.30. The number of para-hydroxylation sites is 1. The van der Waals surface area contributed by atoms with E-state index in [-0.39, 0.29) is 17.0 Å². The van der Waals surface area contributed by atoms with E-state index in [1.165, 1.54) is 0 Å². The Kier molecular flexibility index (Phi) is 3.81. The van der Waals surface area contributed by atoms with Gasteiger partial charge in [0.25, 0.3) is 0 Å². The Hall–Kier alpha value is -0.480. The molecule has 1 heterocycles. The molecule has 0 amide bonds. The Balaban J connectivity index is 0.000000845. The Morgan fingerprint density at radius 2 is 1.92 bits per heavy atom. The van der Waals surface area contributed by atoms with Gasteiger partial charge >= 0.3 is 0 Å². The summed E-state index contributed by atoms with van der Waals surface area (Å²) < 4.78 is 0. The van der Waals surface area contributed by atoms with Crippen LogP contribution in [0.15, 0.2) is 30.3 Å². The summed E-state index contributed by atoms with van der Waals surface area (Å²) in [5.41, 5.74) is 1.13. The first kappa shape index (κ1) is 10.6. The number of hydrogen-bond donors (Lipinski definition) is 1. The fraction of sp³-hybridized carbons (Fsp3) is 0.222. The Labute approximate surface area is 92.6 Å². The molecule has 1 aliphatic heterocycles. The van der Waals surface area contributed by atoms with Gasteiger partial charge in [-0.05, 0) is 12.1 Å². The van der Waals surface area contributed by atoms with Crippen LogP contribution in [0.3, 0.4) is 0 Å². The smallest absolute Gasteiger partial charge is 0.160 e. The van der Waals surface area contributed by atoms with Gasteiger partial charge in [0.05, 0.1) is 0 Å². The highest BCUT2D eigenvalue weighted by Crippen LogP contribution is 2.23. The van der Waals surface area contributed by atoms with Crippen LogP contribution in [0.4, 0.5) is 5.69 Å². The summed E-state index contributed by atoms with van der Waals surface area (Å²) in [5.74, 6) is 1.04. The molecule has 2 rings (SSSR count). The molecule has 0 atom stereocenters. The number of nitrogens with one attached hydrogen (secondary N) is 1. The summed E-state index contributed by atoms with van der Waals surface area (Å²) in [6.45, 7) is 0.966. The highest BCUT2D eigenvalue weighted by molar-refractivity contribution is 8.93. The lowest BCUT2D eigenvalue weighted by Crippen LogP contribution is -2.22. The minimum atomic E-state index is 0. The van der Waals surface area contributed by atoms with Crippen molar-refractivity contribution in [3.05, 3.63) is 30.3 Å². The van der Waals surface area contributed by atoms with Crippen LogP contribution in [0.1, 0.15) is 0 Å². The predicted molar refractivity (Wildman–Crippen MR) is 64.3 cm³/mol. The third-order valence-corrected chi connectivity index (χ3v) is 2.75. The number of halogens is 1. The van der Waals surface area contributed by atoms with Gasteiger partial charge in [-0.1, -0.05) is 30.0 Å². The van der Waals surface area contributed by atoms with Crippen LogP contribution in [-0.2, 0) is 0 Å². The molecule has 4 heteroatoms. The molecule has 0 unspecified atom stereocenters. The highest BCUT2D eigenvalue weighted by atomic mass is 79.9. The molecule has 0 aromatic heterocycles. The molecule has 2 nitrogen and oxygen atoms in total. The van der Waals surface area contributed by atoms with Gasteiger partial charge in [0.1, 0.15) is 0 Å². The largest absolute Gasteiger partial charge is 0.321 e. The monoisotopic (exact) mass is 258 g/mol. The molecule has 13 heavy (non-hydrogen) atoms. The molecule has 1 aromatic carbocycles. The number of rotatable bonds is 1. The molecule has 0 radical (unpaired) electrons. The van der Waals surface area contributed by atoms with Crippen LogP contribution >= 0.6 is 28.7 Å². The van der Waals surface area contributed by atoms with E-state index in [9.17, 15) is 0 Å². The van der Waals surface area contributed by atoms with Gasteiger partial charge in [0.2, 0.25) is 0 Å². The van der Waals surface area contributed by atoms with Crippen molar-refractivity contribution in [3.8, 4) is 0 Å². The summed E-state index contributed by atoms with van der Waals surface area (Å²) in [7, 11) is 0. The van der Waals surface area contributed by atoms with Crippen molar-refractivity contribution < 1.29 is 0 Å². The number of nitrogens with zero attached hydrogens (tertiary/aromatic N) is 1. The van der Waals surface area contributed by atoms with Gasteiger partial charge in [0, 0.05) is 18.0 Å². The highest BCUT2D eigenvalue weighted by Gasteiger charge is 2.18. The fourth-order valence-corrected chi connectivity index (χ4v) is 2.09. The van der Waals surface area contributed by atoms with E-state index in [4.69, 9.17) is 5.41 Å². The lowest BCUT2D eigenvalue weighted by atomic mass is 10.3. The van der Waals surface area contributed by atoms with Crippen molar-refractivity contribution in [1.82, 2.24) is 0 Å². The number of thioether (sulfide) groups is 1. The average Bonchev–Trinajstić information content (AvgIpc) is 2.53. The van der Waals surface area contributed by atoms with Gasteiger partial charge in [-0.3, -0.25) is 5.41 Å². The molecule has 1 aromatic rings. The van der Waals surface area contributed by atoms with Gasteiger partial charge in [-0.2, -0.15) is 0 Å². The molecule has 1 aliphatic rings. The molecule has 0 aliphatic carbocycles. The fourth-order valence-electron chi connectivity index (χ4n) is 1.27. The molecular formula is C9H11BrN2S. The zero-order chi connectivity index (χ0) is 8.39. The van der Waals surface area contributed by atoms with E-state index < -0.39 is 0 Å². The number of benzene rings is 1. The van der Waals surface area contributed by atoms with Crippen molar-refractivity contribution in [2.24, 2.45) is 0 Å². The van der Waals surface area contributed by atoms with E-state index in [0.29, 0.717) is 5.17 Å². The van der Waals surface area contributed by atoms with Crippen LogP contribution in [0.2, 0.25) is 0 Å². The van der Waals surface area contributed by atoms with Gasteiger partial charge in [-0.15, -0.1) is 17.0 Å². The SMILES string of the molecule is Br.N=C1SCCN1c1ccccc1. The summed E-state index contributed by atoms with van der Waals surface area (Å²) in [4.78, 5) is 2.03. The van der Waals surface area contributed by atoms with Crippen LogP contribution in [0.25, 0.3) is 0 Å². The molecule has 0 bridgehead atoms. The van der Waals surface area contributed by atoms with E-state index in [2.05, 4.69) is 0 Å². The maximum absolute atomic E-state index is 7.63. The molecule has 0 saturated carbocycles. The molecule has 70 valence electrons. The molecular weight excluding hydrogens is 248 g/mol. The Bertz CT molecular complexity index is 289. The first-order valence-electron chi connectivity index (χ1n) is 3.92. The third kappa shape index (κ3) is 2.25. The minimum Gasteiger partial charge on any atom is -0.321 e. The lowest BCUT2D eigenvalue weighted by molar-refractivity contribution is 1.10. The van der Waals surface area contributed by atoms with Crippen LogP contribution in [0.5, 0.6) is 0 Å².